The quantitative estimate of drug-likeness (QED) is 0.635. The molecule has 24 heavy (non-hydrogen) atoms. The van der Waals surface area contributed by atoms with Gasteiger partial charge in [0.05, 0.1) is 5.69 Å². The van der Waals surface area contributed by atoms with E-state index in [2.05, 4.69) is 43.0 Å². The fourth-order valence-corrected chi connectivity index (χ4v) is 1.56. The summed E-state index contributed by atoms with van der Waals surface area (Å²) in [6, 6.07) is 2.04. The molecule has 0 spiro atoms. The maximum absolute atomic E-state index is 5.38. The van der Waals surface area contributed by atoms with Gasteiger partial charge < -0.3 is 8.94 Å². The number of aromatic nitrogens is 3. The van der Waals surface area contributed by atoms with Crippen LogP contribution in [-0.2, 0) is 0 Å². The Kier molecular flexibility index (Phi) is 11.3. The lowest BCUT2D eigenvalue weighted by Crippen LogP contribution is -1.85. The van der Waals surface area contributed by atoms with E-state index in [0.29, 0.717) is 23.7 Å². The molecule has 0 atom stereocenters. The molecule has 140 valence electrons. The van der Waals surface area contributed by atoms with Gasteiger partial charge in [0.25, 0.3) is 0 Å². The first-order valence-corrected chi connectivity index (χ1v) is 8.02. The lowest BCUT2D eigenvalue weighted by molar-refractivity contribution is 0.363. The Morgan fingerprint density at radius 2 is 1.17 bits per heavy atom. The molecule has 0 aliphatic carbocycles. The smallest absolute Gasteiger partial charge is 0.219 e. The molecule has 2 heterocycles. The van der Waals surface area contributed by atoms with Crippen molar-refractivity contribution in [3.8, 4) is 0 Å². The first-order chi connectivity index (χ1) is 10.2. The highest BCUT2D eigenvalue weighted by Crippen LogP contribution is 2.19. The van der Waals surface area contributed by atoms with Gasteiger partial charge in [-0.2, -0.15) is 0 Å². The third-order valence-corrected chi connectivity index (χ3v) is 3.15. The zero-order valence-corrected chi connectivity index (χ0v) is 15.0. The van der Waals surface area contributed by atoms with Crippen molar-refractivity contribution in [3.05, 3.63) is 29.3 Å². The van der Waals surface area contributed by atoms with E-state index in [9.17, 15) is 0 Å². The molecular formula is C19H37N3O2. The third kappa shape index (κ3) is 7.28. The van der Waals surface area contributed by atoms with Crippen LogP contribution < -0.4 is 0 Å². The van der Waals surface area contributed by atoms with Crippen molar-refractivity contribution in [3.63, 3.8) is 0 Å². The molecule has 0 aliphatic heterocycles. The van der Waals surface area contributed by atoms with Crippen molar-refractivity contribution in [1.82, 2.24) is 15.4 Å². The highest BCUT2D eigenvalue weighted by Gasteiger charge is 2.11. The van der Waals surface area contributed by atoms with E-state index in [0.717, 1.165) is 23.2 Å². The van der Waals surface area contributed by atoms with Gasteiger partial charge in [0.15, 0.2) is 0 Å². The Hall–Kier alpha value is -1.65. The maximum atomic E-state index is 5.38. The Morgan fingerprint density at radius 1 is 0.708 bits per heavy atom. The van der Waals surface area contributed by atoms with Crippen molar-refractivity contribution in [1.29, 1.82) is 0 Å². The van der Waals surface area contributed by atoms with Gasteiger partial charge in [-0.15, -0.1) is 10.2 Å². The number of nitrogens with zero attached hydrogens (tertiary/aromatic N) is 3. The Morgan fingerprint density at radius 3 is 1.38 bits per heavy atom. The summed E-state index contributed by atoms with van der Waals surface area (Å²) >= 11 is 0. The van der Waals surface area contributed by atoms with E-state index in [1.807, 2.05) is 33.8 Å². The molecule has 0 fully saturated rings. The molecule has 0 saturated carbocycles. The maximum Gasteiger partial charge on any atom is 0.219 e. The topological polar surface area (TPSA) is 65.0 Å². The van der Waals surface area contributed by atoms with E-state index in [-0.39, 0.29) is 14.9 Å². The molecule has 2 aromatic rings. The number of hydrogen-bond acceptors (Lipinski definition) is 5. The molecular weight excluding hydrogens is 302 g/mol. The summed E-state index contributed by atoms with van der Waals surface area (Å²) in [4.78, 5) is 0. The van der Waals surface area contributed by atoms with Crippen molar-refractivity contribution < 1.29 is 8.94 Å². The predicted molar refractivity (Wildman–Crippen MR) is 101 cm³/mol. The zero-order valence-electron chi connectivity index (χ0n) is 15.0. The molecule has 0 bridgehead atoms. The van der Waals surface area contributed by atoms with Crippen molar-refractivity contribution in [2.24, 2.45) is 0 Å². The van der Waals surface area contributed by atoms with Gasteiger partial charge in [-0.3, -0.25) is 0 Å². The second kappa shape index (κ2) is 11.0. The summed E-state index contributed by atoms with van der Waals surface area (Å²) in [5.41, 5.74) is 1.05. The van der Waals surface area contributed by atoms with Crippen LogP contribution in [0.2, 0.25) is 0 Å². The fraction of sp³-hybridized carbons (Fsp3) is 0.737. The molecule has 5 nitrogen and oxygen atoms in total. The largest absolute Gasteiger partial charge is 0.425 e. The molecule has 2 aromatic heterocycles. The standard InChI is InChI=1S/C9H15NO.C8H14N2O.2CH4/c1-6(2)8-5-9(7(3)4)11-10-8;1-5(2)7-9-10-8(11-7)6(3)4;;/h5-7H,1-4H3;5-6H,1-4H3;2*1H4. The molecule has 0 unspecified atom stereocenters. The van der Waals surface area contributed by atoms with Gasteiger partial charge in [-0.25, -0.2) is 0 Å². The molecule has 2 rings (SSSR count). The van der Waals surface area contributed by atoms with Crippen LogP contribution >= 0.6 is 0 Å². The molecule has 0 amide bonds. The van der Waals surface area contributed by atoms with Crippen LogP contribution in [0.4, 0.5) is 0 Å². The third-order valence-electron chi connectivity index (χ3n) is 3.15. The fourth-order valence-electron chi connectivity index (χ4n) is 1.56. The second-order valence-corrected chi connectivity index (χ2v) is 6.75. The molecule has 0 radical (unpaired) electrons. The summed E-state index contributed by atoms with van der Waals surface area (Å²) in [5, 5.41) is 11.8. The van der Waals surface area contributed by atoms with Gasteiger partial charge in [-0.1, -0.05) is 75.4 Å². The van der Waals surface area contributed by atoms with E-state index >= 15 is 0 Å². The summed E-state index contributed by atoms with van der Waals surface area (Å²) in [7, 11) is 0. The first kappa shape index (κ1) is 24.6. The molecule has 0 aromatic carbocycles. The summed E-state index contributed by atoms with van der Waals surface area (Å²) < 4.78 is 10.5. The van der Waals surface area contributed by atoms with Crippen LogP contribution in [-0.4, -0.2) is 15.4 Å². The van der Waals surface area contributed by atoms with E-state index in [1.165, 1.54) is 0 Å². The average Bonchev–Trinajstić information content (AvgIpc) is 3.09. The molecule has 5 heteroatoms. The highest BCUT2D eigenvalue weighted by atomic mass is 16.5. The van der Waals surface area contributed by atoms with Gasteiger partial charge in [0.2, 0.25) is 11.8 Å². The normalized spacial score (nSPS) is 10.5. The van der Waals surface area contributed by atoms with Crippen LogP contribution in [0, 0.1) is 0 Å². The predicted octanol–water partition coefficient (Wildman–Crippen LogP) is 6.51. The van der Waals surface area contributed by atoms with Crippen LogP contribution in [0.15, 0.2) is 15.0 Å². The van der Waals surface area contributed by atoms with Crippen LogP contribution in [0.3, 0.4) is 0 Å². The minimum atomic E-state index is 0. The number of rotatable bonds is 4. The van der Waals surface area contributed by atoms with Crippen molar-refractivity contribution >= 4 is 0 Å². The average molecular weight is 340 g/mol. The Balaban J connectivity index is 0. The summed E-state index contributed by atoms with van der Waals surface area (Å²) in [6.45, 7) is 16.6. The van der Waals surface area contributed by atoms with E-state index < -0.39 is 0 Å². The van der Waals surface area contributed by atoms with Gasteiger partial charge in [-0.05, 0) is 5.92 Å². The van der Waals surface area contributed by atoms with Crippen LogP contribution in [0.25, 0.3) is 0 Å². The summed E-state index contributed by atoms with van der Waals surface area (Å²) in [6.07, 6.45) is 0. The molecule has 0 N–H and O–H groups in total. The first-order valence-electron chi connectivity index (χ1n) is 8.02. The monoisotopic (exact) mass is 339 g/mol. The number of hydrogen-bond donors (Lipinski definition) is 0. The SMILES string of the molecule is C.C.CC(C)c1cc(C(C)C)on1.CC(C)c1nnc(C(C)C)o1. The van der Waals surface area contributed by atoms with Crippen LogP contribution in [0.1, 0.15) is 117 Å². The second-order valence-electron chi connectivity index (χ2n) is 6.75. The van der Waals surface area contributed by atoms with E-state index in [4.69, 9.17) is 8.94 Å². The Labute approximate surface area is 148 Å². The molecule has 0 saturated heterocycles. The van der Waals surface area contributed by atoms with Gasteiger partial charge in [0.1, 0.15) is 5.76 Å². The van der Waals surface area contributed by atoms with Crippen molar-refractivity contribution in [2.45, 2.75) is 93.9 Å². The van der Waals surface area contributed by atoms with E-state index in [1.54, 1.807) is 0 Å². The lowest BCUT2D eigenvalue weighted by Gasteiger charge is -1.96. The highest BCUT2D eigenvalue weighted by molar-refractivity contribution is 5.11. The van der Waals surface area contributed by atoms with Gasteiger partial charge >= 0.3 is 0 Å². The van der Waals surface area contributed by atoms with Crippen molar-refractivity contribution in [2.75, 3.05) is 0 Å². The minimum absolute atomic E-state index is 0. The van der Waals surface area contributed by atoms with Crippen LogP contribution in [0.5, 0.6) is 0 Å². The van der Waals surface area contributed by atoms with Gasteiger partial charge in [0, 0.05) is 23.8 Å². The Bertz CT molecular complexity index is 459. The molecule has 0 aliphatic rings. The minimum Gasteiger partial charge on any atom is -0.425 e. The lowest BCUT2D eigenvalue weighted by atomic mass is 10.1. The zero-order chi connectivity index (χ0) is 16.9. The summed E-state index contributed by atoms with van der Waals surface area (Å²) in [5.74, 6) is 4.00.